The van der Waals surface area contributed by atoms with Gasteiger partial charge in [0.2, 0.25) is 11.8 Å². The van der Waals surface area contributed by atoms with Crippen molar-refractivity contribution in [3.05, 3.63) is 29.6 Å². The quantitative estimate of drug-likeness (QED) is 0.609. The van der Waals surface area contributed by atoms with Crippen LogP contribution in [0.5, 0.6) is 0 Å². The molecular formula is C15H20F3N3O2. The maximum atomic E-state index is 13.8. The molecule has 0 saturated heterocycles. The van der Waals surface area contributed by atoms with E-state index in [4.69, 9.17) is 0 Å². The fraction of sp³-hybridized carbons (Fsp3) is 0.467. The molecule has 0 unspecified atom stereocenters. The van der Waals surface area contributed by atoms with Gasteiger partial charge in [-0.1, -0.05) is 0 Å². The Balaban J connectivity index is 2.75. The standard InChI is InChI=1S/C15H20F3N3O2/c1-10(22)21(9-13(23)19-7-4-8-20(2)3)12-6-5-11(16)14(17)15(12)18/h5-6H,4,7-9H2,1-3H3,(H,19,23). The average molecular weight is 331 g/mol. The zero-order valence-electron chi connectivity index (χ0n) is 13.3. The molecular weight excluding hydrogens is 311 g/mol. The van der Waals surface area contributed by atoms with Crippen LogP contribution in [-0.4, -0.2) is 50.4 Å². The monoisotopic (exact) mass is 331 g/mol. The number of rotatable bonds is 7. The topological polar surface area (TPSA) is 52.7 Å². The smallest absolute Gasteiger partial charge is 0.240 e. The maximum absolute atomic E-state index is 13.8. The van der Waals surface area contributed by atoms with Crippen molar-refractivity contribution in [2.24, 2.45) is 0 Å². The Morgan fingerprint density at radius 2 is 1.78 bits per heavy atom. The highest BCUT2D eigenvalue weighted by atomic mass is 19.2. The molecule has 0 heterocycles. The molecule has 0 atom stereocenters. The van der Waals surface area contributed by atoms with Gasteiger partial charge in [0.25, 0.3) is 0 Å². The molecule has 1 N–H and O–H groups in total. The van der Waals surface area contributed by atoms with Crippen molar-refractivity contribution in [3.63, 3.8) is 0 Å². The van der Waals surface area contributed by atoms with Crippen molar-refractivity contribution in [2.45, 2.75) is 13.3 Å². The van der Waals surface area contributed by atoms with E-state index in [0.717, 1.165) is 24.4 Å². The summed E-state index contributed by atoms with van der Waals surface area (Å²) in [6.45, 7) is 1.80. The zero-order valence-corrected chi connectivity index (χ0v) is 13.3. The van der Waals surface area contributed by atoms with Crippen molar-refractivity contribution in [2.75, 3.05) is 38.6 Å². The van der Waals surface area contributed by atoms with E-state index in [9.17, 15) is 22.8 Å². The largest absolute Gasteiger partial charge is 0.355 e. The number of benzene rings is 1. The second-order valence-electron chi connectivity index (χ2n) is 5.31. The Labute approximate surface area is 133 Å². The first-order chi connectivity index (χ1) is 10.7. The lowest BCUT2D eigenvalue weighted by atomic mass is 10.2. The van der Waals surface area contributed by atoms with Gasteiger partial charge in [-0.25, -0.2) is 13.2 Å². The first-order valence-corrected chi connectivity index (χ1v) is 7.07. The Morgan fingerprint density at radius 3 is 2.35 bits per heavy atom. The van der Waals surface area contributed by atoms with Crippen LogP contribution in [0.2, 0.25) is 0 Å². The van der Waals surface area contributed by atoms with Gasteiger partial charge in [0.1, 0.15) is 6.54 Å². The molecule has 0 aliphatic rings. The summed E-state index contributed by atoms with van der Waals surface area (Å²) in [4.78, 5) is 26.1. The molecule has 1 rings (SSSR count). The number of hydrogen-bond acceptors (Lipinski definition) is 3. The summed E-state index contributed by atoms with van der Waals surface area (Å²) in [6, 6.07) is 1.63. The molecule has 0 radical (unpaired) electrons. The molecule has 0 saturated carbocycles. The van der Waals surface area contributed by atoms with Gasteiger partial charge in [-0.2, -0.15) is 0 Å². The number of halogens is 3. The summed E-state index contributed by atoms with van der Waals surface area (Å²) < 4.78 is 40.0. The molecule has 1 aromatic carbocycles. The van der Waals surface area contributed by atoms with E-state index < -0.39 is 41.5 Å². The van der Waals surface area contributed by atoms with Gasteiger partial charge >= 0.3 is 0 Å². The van der Waals surface area contributed by atoms with Gasteiger partial charge < -0.3 is 15.1 Å². The lowest BCUT2D eigenvalue weighted by Gasteiger charge is -2.21. The Kier molecular flexibility index (Phi) is 7.02. The predicted molar refractivity (Wildman–Crippen MR) is 80.5 cm³/mol. The normalized spacial score (nSPS) is 10.7. The van der Waals surface area contributed by atoms with Crippen molar-refractivity contribution >= 4 is 17.5 Å². The Bertz CT molecular complexity index is 579. The lowest BCUT2D eigenvalue weighted by molar-refractivity contribution is -0.123. The molecule has 0 bridgehead atoms. The Morgan fingerprint density at radius 1 is 1.13 bits per heavy atom. The van der Waals surface area contributed by atoms with E-state index in [0.29, 0.717) is 19.0 Å². The van der Waals surface area contributed by atoms with Crippen molar-refractivity contribution < 1.29 is 22.8 Å². The first kappa shape index (κ1) is 19.0. The van der Waals surface area contributed by atoms with Gasteiger partial charge in [0.05, 0.1) is 5.69 Å². The van der Waals surface area contributed by atoms with Crippen molar-refractivity contribution in [1.29, 1.82) is 0 Å². The second kappa shape index (κ2) is 8.52. The second-order valence-corrected chi connectivity index (χ2v) is 5.31. The molecule has 0 aliphatic carbocycles. The van der Waals surface area contributed by atoms with Crippen LogP contribution in [0.25, 0.3) is 0 Å². The summed E-state index contributed by atoms with van der Waals surface area (Å²) >= 11 is 0. The third-order valence-corrected chi connectivity index (χ3v) is 3.09. The van der Waals surface area contributed by atoms with E-state index in [-0.39, 0.29) is 0 Å². The summed E-state index contributed by atoms with van der Waals surface area (Å²) in [6.07, 6.45) is 0.707. The number of carbonyl (C=O) groups excluding carboxylic acids is 2. The minimum Gasteiger partial charge on any atom is -0.355 e. The highest BCUT2D eigenvalue weighted by Crippen LogP contribution is 2.23. The number of anilines is 1. The van der Waals surface area contributed by atoms with Crippen LogP contribution in [0.1, 0.15) is 13.3 Å². The van der Waals surface area contributed by atoms with Crippen LogP contribution in [0.15, 0.2) is 12.1 Å². The van der Waals surface area contributed by atoms with Gasteiger partial charge in [-0.3, -0.25) is 9.59 Å². The fourth-order valence-corrected chi connectivity index (χ4v) is 1.91. The van der Waals surface area contributed by atoms with E-state index in [1.807, 2.05) is 19.0 Å². The number of amides is 2. The number of nitrogens with zero attached hydrogens (tertiary/aromatic N) is 2. The first-order valence-electron chi connectivity index (χ1n) is 7.07. The number of carbonyl (C=O) groups is 2. The van der Waals surface area contributed by atoms with E-state index in [1.54, 1.807) is 0 Å². The van der Waals surface area contributed by atoms with Crippen LogP contribution >= 0.6 is 0 Å². The van der Waals surface area contributed by atoms with Gasteiger partial charge in [0, 0.05) is 13.5 Å². The van der Waals surface area contributed by atoms with E-state index in [1.165, 1.54) is 0 Å². The number of nitrogens with one attached hydrogen (secondary N) is 1. The molecule has 2 amide bonds. The van der Waals surface area contributed by atoms with Crippen LogP contribution in [0.4, 0.5) is 18.9 Å². The third kappa shape index (κ3) is 5.55. The highest BCUT2D eigenvalue weighted by molar-refractivity contribution is 5.97. The molecule has 0 aromatic heterocycles. The predicted octanol–water partition coefficient (Wildman–Crippen LogP) is 1.52. The van der Waals surface area contributed by atoms with Crippen molar-refractivity contribution in [3.8, 4) is 0 Å². The number of hydrogen-bond donors (Lipinski definition) is 1. The van der Waals surface area contributed by atoms with Crippen molar-refractivity contribution in [1.82, 2.24) is 10.2 Å². The van der Waals surface area contributed by atoms with E-state index >= 15 is 0 Å². The summed E-state index contributed by atoms with van der Waals surface area (Å²) in [5, 5.41) is 2.59. The molecule has 128 valence electrons. The minimum absolute atomic E-state index is 0.392. The van der Waals surface area contributed by atoms with Gasteiger partial charge in [-0.05, 0) is 39.2 Å². The maximum Gasteiger partial charge on any atom is 0.240 e. The van der Waals surface area contributed by atoms with Crippen LogP contribution in [0.3, 0.4) is 0 Å². The fourth-order valence-electron chi connectivity index (χ4n) is 1.91. The molecule has 0 aliphatic heterocycles. The molecule has 0 fully saturated rings. The highest BCUT2D eigenvalue weighted by Gasteiger charge is 2.22. The zero-order chi connectivity index (χ0) is 17.6. The van der Waals surface area contributed by atoms with Gasteiger partial charge in [0.15, 0.2) is 17.5 Å². The summed E-state index contributed by atoms with van der Waals surface area (Å²) in [7, 11) is 3.79. The SMILES string of the molecule is CC(=O)N(CC(=O)NCCCN(C)C)c1ccc(F)c(F)c1F. The molecule has 23 heavy (non-hydrogen) atoms. The Hall–Kier alpha value is -2.09. The van der Waals surface area contributed by atoms with Gasteiger partial charge in [-0.15, -0.1) is 0 Å². The molecule has 0 spiro atoms. The van der Waals surface area contributed by atoms with Crippen LogP contribution in [-0.2, 0) is 9.59 Å². The molecule has 8 heteroatoms. The molecule has 1 aromatic rings. The summed E-state index contributed by atoms with van der Waals surface area (Å²) in [5.41, 5.74) is -0.472. The van der Waals surface area contributed by atoms with E-state index in [2.05, 4.69) is 5.32 Å². The lowest BCUT2D eigenvalue weighted by Crippen LogP contribution is -2.41. The van der Waals surface area contributed by atoms with Crippen LogP contribution in [0, 0.1) is 17.5 Å². The third-order valence-electron chi connectivity index (χ3n) is 3.09. The molecule has 5 nitrogen and oxygen atoms in total. The average Bonchev–Trinajstić information content (AvgIpc) is 2.47. The minimum atomic E-state index is -1.68. The van der Waals surface area contributed by atoms with Crippen LogP contribution < -0.4 is 10.2 Å². The summed E-state index contributed by atoms with van der Waals surface area (Å²) in [5.74, 6) is -5.70.